The highest BCUT2D eigenvalue weighted by molar-refractivity contribution is 6.32. The second-order valence-corrected chi connectivity index (χ2v) is 4.43. The van der Waals surface area contributed by atoms with Gasteiger partial charge in [-0.2, -0.15) is 0 Å². The molecule has 0 atom stereocenters. The van der Waals surface area contributed by atoms with Crippen LogP contribution >= 0.6 is 11.6 Å². The molecule has 0 fully saturated rings. The lowest BCUT2D eigenvalue weighted by atomic mass is 10.2. The van der Waals surface area contributed by atoms with Crippen LogP contribution in [0.3, 0.4) is 0 Å². The number of hydrogen-bond donors (Lipinski definition) is 0. The Hall–Kier alpha value is -1.80. The lowest BCUT2D eigenvalue weighted by Gasteiger charge is -2.06. The van der Waals surface area contributed by atoms with E-state index in [0.717, 1.165) is 11.2 Å². The molecular weight excluding hydrogens is 232 g/mol. The molecule has 84 valence electrons. The van der Waals surface area contributed by atoms with E-state index < -0.39 is 0 Å². The fourth-order valence-electron chi connectivity index (χ4n) is 2.11. The van der Waals surface area contributed by atoms with E-state index in [9.17, 15) is 0 Å². The molecule has 3 heteroatoms. The summed E-state index contributed by atoms with van der Waals surface area (Å²) >= 11 is 6.19. The topological polar surface area (TPSA) is 17.8 Å². The quantitative estimate of drug-likeness (QED) is 0.631. The van der Waals surface area contributed by atoms with Gasteiger partial charge in [0.05, 0.1) is 16.2 Å². The number of pyridine rings is 1. The van der Waals surface area contributed by atoms with Crippen LogP contribution in [-0.4, -0.2) is 9.55 Å². The predicted octanol–water partition coefficient (Wildman–Crippen LogP) is 3.99. The Balaban J connectivity index is 2.35. The number of para-hydroxylation sites is 1. The summed E-state index contributed by atoms with van der Waals surface area (Å²) in [6, 6.07) is 10.2. The van der Waals surface area contributed by atoms with E-state index in [0.29, 0.717) is 5.02 Å². The highest BCUT2D eigenvalue weighted by Crippen LogP contribution is 2.27. The monoisotopic (exact) mass is 242 g/mol. The summed E-state index contributed by atoms with van der Waals surface area (Å²) in [6.45, 7) is 2.11. The van der Waals surface area contributed by atoms with Crippen molar-refractivity contribution in [1.82, 2.24) is 9.55 Å². The summed E-state index contributed by atoms with van der Waals surface area (Å²) in [5.74, 6) is 0. The molecule has 0 N–H and O–H groups in total. The van der Waals surface area contributed by atoms with Crippen LogP contribution in [0.5, 0.6) is 0 Å². The van der Waals surface area contributed by atoms with Gasteiger partial charge in [0, 0.05) is 24.0 Å². The Kier molecular flexibility index (Phi) is 2.37. The Morgan fingerprint density at radius 1 is 1.18 bits per heavy atom. The molecule has 0 aliphatic rings. The van der Waals surface area contributed by atoms with Crippen LogP contribution in [0, 0.1) is 6.92 Å². The maximum absolute atomic E-state index is 6.19. The standard InChI is InChI=1S/C14H11ClN2/c1-10-9-17(13-5-3-2-4-11(10)13)14-6-7-16-8-12(14)15/h2-9H,1H3. The van der Waals surface area contributed by atoms with Crippen molar-refractivity contribution in [2.45, 2.75) is 6.92 Å². The molecule has 0 spiro atoms. The molecule has 0 unspecified atom stereocenters. The number of halogens is 1. The van der Waals surface area contributed by atoms with Crippen molar-refractivity contribution >= 4 is 22.5 Å². The average molecular weight is 243 g/mol. The van der Waals surface area contributed by atoms with Crippen LogP contribution in [0.2, 0.25) is 5.02 Å². The van der Waals surface area contributed by atoms with Crippen LogP contribution in [0.1, 0.15) is 5.56 Å². The molecular formula is C14H11ClN2. The minimum absolute atomic E-state index is 0.660. The third-order valence-corrected chi connectivity index (χ3v) is 3.21. The summed E-state index contributed by atoms with van der Waals surface area (Å²) in [7, 11) is 0. The molecule has 0 bridgehead atoms. The first-order valence-electron chi connectivity index (χ1n) is 5.44. The van der Waals surface area contributed by atoms with Gasteiger partial charge < -0.3 is 4.57 Å². The van der Waals surface area contributed by atoms with Crippen molar-refractivity contribution in [2.24, 2.45) is 0 Å². The summed E-state index contributed by atoms with van der Waals surface area (Å²) in [5, 5.41) is 1.91. The molecule has 2 aromatic heterocycles. The Bertz CT molecular complexity index is 686. The molecule has 0 saturated heterocycles. The van der Waals surface area contributed by atoms with Gasteiger partial charge in [0.1, 0.15) is 0 Å². The SMILES string of the molecule is Cc1cn(-c2ccncc2Cl)c2ccccc12. The van der Waals surface area contributed by atoms with E-state index in [4.69, 9.17) is 11.6 Å². The van der Waals surface area contributed by atoms with Gasteiger partial charge in [0.15, 0.2) is 0 Å². The van der Waals surface area contributed by atoms with E-state index in [2.05, 4.69) is 34.8 Å². The van der Waals surface area contributed by atoms with Crippen molar-refractivity contribution < 1.29 is 0 Å². The number of aryl methyl sites for hydroxylation is 1. The van der Waals surface area contributed by atoms with Gasteiger partial charge in [0.25, 0.3) is 0 Å². The maximum Gasteiger partial charge on any atom is 0.0829 e. The van der Waals surface area contributed by atoms with Gasteiger partial charge in [-0.25, -0.2) is 0 Å². The minimum Gasteiger partial charge on any atom is -0.315 e. The first kappa shape index (κ1) is 10.4. The number of nitrogens with zero attached hydrogens (tertiary/aromatic N) is 2. The predicted molar refractivity (Wildman–Crippen MR) is 70.8 cm³/mol. The van der Waals surface area contributed by atoms with Gasteiger partial charge in [-0.3, -0.25) is 4.98 Å². The lowest BCUT2D eigenvalue weighted by Crippen LogP contribution is -1.93. The summed E-state index contributed by atoms with van der Waals surface area (Å²) in [6.07, 6.45) is 5.53. The zero-order valence-corrected chi connectivity index (χ0v) is 10.1. The van der Waals surface area contributed by atoms with Crippen LogP contribution in [0.4, 0.5) is 0 Å². The molecule has 0 radical (unpaired) electrons. The second kappa shape index (κ2) is 3.90. The number of rotatable bonds is 1. The number of aromatic nitrogens is 2. The van der Waals surface area contributed by atoms with Crippen LogP contribution < -0.4 is 0 Å². The van der Waals surface area contributed by atoms with Gasteiger partial charge in [-0.1, -0.05) is 29.8 Å². The average Bonchev–Trinajstić information content (AvgIpc) is 2.68. The second-order valence-electron chi connectivity index (χ2n) is 4.03. The van der Waals surface area contributed by atoms with Crippen molar-refractivity contribution in [2.75, 3.05) is 0 Å². The Morgan fingerprint density at radius 2 is 2.00 bits per heavy atom. The van der Waals surface area contributed by atoms with Gasteiger partial charge in [-0.15, -0.1) is 0 Å². The fraction of sp³-hybridized carbons (Fsp3) is 0.0714. The first-order valence-corrected chi connectivity index (χ1v) is 5.82. The molecule has 3 aromatic rings. The van der Waals surface area contributed by atoms with Crippen LogP contribution in [-0.2, 0) is 0 Å². The van der Waals surface area contributed by atoms with E-state index in [-0.39, 0.29) is 0 Å². The third kappa shape index (κ3) is 1.61. The smallest absolute Gasteiger partial charge is 0.0829 e. The lowest BCUT2D eigenvalue weighted by molar-refractivity contribution is 1.10. The number of benzene rings is 1. The maximum atomic E-state index is 6.19. The molecule has 0 amide bonds. The highest BCUT2D eigenvalue weighted by atomic mass is 35.5. The summed E-state index contributed by atoms with van der Waals surface area (Å²) in [5.41, 5.74) is 3.37. The number of hydrogen-bond acceptors (Lipinski definition) is 1. The minimum atomic E-state index is 0.660. The molecule has 3 rings (SSSR count). The normalized spacial score (nSPS) is 10.9. The highest BCUT2D eigenvalue weighted by Gasteiger charge is 2.08. The molecule has 1 aromatic carbocycles. The largest absolute Gasteiger partial charge is 0.315 e. The first-order chi connectivity index (χ1) is 8.27. The van der Waals surface area contributed by atoms with Crippen molar-refractivity contribution in [3.05, 3.63) is 59.5 Å². The molecule has 0 saturated carbocycles. The van der Waals surface area contributed by atoms with Crippen LogP contribution in [0.25, 0.3) is 16.6 Å². The fourth-order valence-corrected chi connectivity index (χ4v) is 2.32. The van der Waals surface area contributed by atoms with Crippen molar-refractivity contribution in [3.63, 3.8) is 0 Å². The van der Waals surface area contributed by atoms with Gasteiger partial charge in [-0.05, 0) is 24.6 Å². The van der Waals surface area contributed by atoms with E-state index >= 15 is 0 Å². The molecule has 17 heavy (non-hydrogen) atoms. The zero-order valence-electron chi connectivity index (χ0n) is 9.39. The molecule has 0 aliphatic heterocycles. The van der Waals surface area contributed by atoms with Crippen molar-refractivity contribution in [1.29, 1.82) is 0 Å². The summed E-state index contributed by atoms with van der Waals surface area (Å²) < 4.78 is 2.11. The summed E-state index contributed by atoms with van der Waals surface area (Å²) in [4.78, 5) is 4.01. The molecule has 2 nitrogen and oxygen atoms in total. The van der Waals surface area contributed by atoms with E-state index in [1.165, 1.54) is 10.9 Å². The van der Waals surface area contributed by atoms with E-state index in [1.807, 2.05) is 18.2 Å². The van der Waals surface area contributed by atoms with E-state index in [1.54, 1.807) is 12.4 Å². The third-order valence-electron chi connectivity index (χ3n) is 2.92. The Labute approximate surface area is 104 Å². The zero-order chi connectivity index (χ0) is 11.8. The van der Waals surface area contributed by atoms with Gasteiger partial charge in [0.2, 0.25) is 0 Å². The van der Waals surface area contributed by atoms with Crippen molar-refractivity contribution in [3.8, 4) is 5.69 Å². The van der Waals surface area contributed by atoms with Gasteiger partial charge >= 0.3 is 0 Å². The Morgan fingerprint density at radius 3 is 2.82 bits per heavy atom. The van der Waals surface area contributed by atoms with Crippen LogP contribution in [0.15, 0.2) is 48.9 Å². The number of fused-ring (bicyclic) bond motifs is 1. The molecule has 0 aliphatic carbocycles. The molecule has 2 heterocycles.